The van der Waals surface area contributed by atoms with Crippen LogP contribution in [0.3, 0.4) is 0 Å². The summed E-state index contributed by atoms with van der Waals surface area (Å²) in [5.41, 5.74) is 7.98. The first-order valence-electron chi connectivity index (χ1n) is 6.85. The zero-order chi connectivity index (χ0) is 13.0. The molecule has 100 valence electrons. The molecule has 2 atom stereocenters. The number of anilines is 1. The summed E-state index contributed by atoms with van der Waals surface area (Å²) in [6, 6.07) is 8.20. The number of nitrogens with two attached hydrogens (primary N) is 1. The lowest BCUT2D eigenvalue weighted by atomic mass is 10.1. The lowest BCUT2D eigenvalue weighted by Crippen LogP contribution is -2.45. The number of nitrogen functional groups attached to an aromatic ring is 1. The average Bonchev–Trinajstić information content (AvgIpc) is 2.27. The fourth-order valence-corrected chi connectivity index (χ4v) is 2.72. The summed E-state index contributed by atoms with van der Waals surface area (Å²) in [7, 11) is 0. The Morgan fingerprint density at radius 2 is 2.00 bits per heavy atom. The molecule has 0 unspecified atom stereocenters. The Morgan fingerprint density at radius 1 is 1.28 bits per heavy atom. The second-order valence-corrected chi connectivity index (χ2v) is 5.37. The van der Waals surface area contributed by atoms with Crippen LogP contribution in [0.2, 0.25) is 0 Å². The van der Waals surface area contributed by atoms with Crippen LogP contribution in [0.5, 0.6) is 0 Å². The molecule has 18 heavy (non-hydrogen) atoms. The number of aryl methyl sites for hydroxylation is 1. The molecule has 2 N–H and O–H groups in total. The van der Waals surface area contributed by atoms with E-state index in [0.29, 0.717) is 12.2 Å². The van der Waals surface area contributed by atoms with Crippen molar-refractivity contribution in [3.8, 4) is 0 Å². The molecule has 1 aliphatic heterocycles. The molecule has 1 saturated heterocycles. The van der Waals surface area contributed by atoms with E-state index in [2.05, 4.69) is 30.9 Å². The molecule has 1 fully saturated rings. The van der Waals surface area contributed by atoms with E-state index in [1.807, 2.05) is 12.1 Å². The van der Waals surface area contributed by atoms with Gasteiger partial charge >= 0.3 is 0 Å². The number of hydrogen-bond donors (Lipinski definition) is 1. The number of hydrogen-bond acceptors (Lipinski definition) is 3. The molecular weight excluding hydrogens is 224 g/mol. The summed E-state index contributed by atoms with van der Waals surface area (Å²) in [6.45, 7) is 7.57. The molecular formula is C15H24N2O. The van der Waals surface area contributed by atoms with E-state index >= 15 is 0 Å². The fraction of sp³-hybridized carbons (Fsp3) is 0.600. The molecule has 1 heterocycles. The third-order valence-electron chi connectivity index (χ3n) is 3.39. The monoisotopic (exact) mass is 248 g/mol. The van der Waals surface area contributed by atoms with Gasteiger partial charge in [0.1, 0.15) is 0 Å². The smallest absolute Gasteiger partial charge is 0.0678 e. The molecule has 0 bridgehead atoms. The van der Waals surface area contributed by atoms with Crippen molar-refractivity contribution < 1.29 is 4.74 Å². The highest BCUT2D eigenvalue weighted by molar-refractivity contribution is 5.40. The molecule has 0 aromatic heterocycles. The van der Waals surface area contributed by atoms with Crippen molar-refractivity contribution in [3.63, 3.8) is 0 Å². The van der Waals surface area contributed by atoms with Gasteiger partial charge in [0.15, 0.2) is 0 Å². The average molecular weight is 248 g/mol. The number of rotatable bonds is 4. The zero-order valence-corrected chi connectivity index (χ0v) is 11.4. The molecule has 0 aliphatic carbocycles. The molecule has 3 heteroatoms. The van der Waals surface area contributed by atoms with E-state index in [0.717, 1.165) is 31.7 Å². The predicted octanol–water partition coefficient (Wildman–Crippen LogP) is 2.31. The van der Waals surface area contributed by atoms with Gasteiger partial charge in [-0.15, -0.1) is 0 Å². The van der Waals surface area contributed by atoms with Gasteiger partial charge in [-0.1, -0.05) is 12.1 Å². The van der Waals surface area contributed by atoms with E-state index < -0.39 is 0 Å². The Labute approximate surface area is 110 Å². The molecule has 3 nitrogen and oxygen atoms in total. The van der Waals surface area contributed by atoms with Crippen molar-refractivity contribution in [2.75, 3.05) is 25.4 Å². The first-order valence-corrected chi connectivity index (χ1v) is 6.85. The highest BCUT2D eigenvalue weighted by Gasteiger charge is 2.21. The third-order valence-corrected chi connectivity index (χ3v) is 3.39. The summed E-state index contributed by atoms with van der Waals surface area (Å²) in [6.07, 6.45) is 3.01. The Bertz CT molecular complexity index is 371. The topological polar surface area (TPSA) is 38.5 Å². The standard InChI is InChI=1S/C15H24N2O/c1-12-10-17(11-13(2)18-12)8-4-6-14-5-3-7-15(16)9-14/h3,5,7,9,12-13H,4,6,8,10-11,16H2,1-2H3/t12-,13+. The third kappa shape index (κ3) is 4.00. The summed E-state index contributed by atoms with van der Waals surface area (Å²) >= 11 is 0. The Balaban J connectivity index is 1.75. The highest BCUT2D eigenvalue weighted by atomic mass is 16.5. The van der Waals surface area contributed by atoms with Crippen LogP contribution in [-0.4, -0.2) is 36.7 Å². The van der Waals surface area contributed by atoms with Crippen LogP contribution in [0.1, 0.15) is 25.8 Å². The van der Waals surface area contributed by atoms with Gasteiger partial charge in [0, 0.05) is 18.8 Å². The van der Waals surface area contributed by atoms with Crippen molar-refractivity contribution >= 4 is 5.69 Å². The molecule has 0 amide bonds. The molecule has 1 aromatic rings. The maximum Gasteiger partial charge on any atom is 0.0678 e. The molecule has 1 aliphatic rings. The second kappa shape index (κ2) is 6.21. The number of nitrogens with zero attached hydrogens (tertiary/aromatic N) is 1. The number of benzene rings is 1. The van der Waals surface area contributed by atoms with Gasteiger partial charge < -0.3 is 10.5 Å². The quantitative estimate of drug-likeness (QED) is 0.831. The highest BCUT2D eigenvalue weighted by Crippen LogP contribution is 2.13. The van der Waals surface area contributed by atoms with Gasteiger partial charge in [-0.25, -0.2) is 0 Å². The van der Waals surface area contributed by atoms with Gasteiger partial charge in [0.25, 0.3) is 0 Å². The van der Waals surface area contributed by atoms with Gasteiger partial charge in [0.2, 0.25) is 0 Å². The van der Waals surface area contributed by atoms with Crippen LogP contribution >= 0.6 is 0 Å². The Morgan fingerprint density at radius 3 is 2.67 bits per heavy atom. The van der Waals surface area contributed by atoms with E-state index in [4.69, 9.17) is 10.5 Å². The van der Waals surface area contributed by atoms with Crippen molar-refractivity contribution in [2.24, 2.45) is 0 Å². The second-order valence-electron chi connectivity index (χ2n) is 5.37. The van der Waals surface area contributed by atoms with Crippen LogP contribution in [0, 0.1) is 0 Å². The van der Waals surface area contributed by atoms with Crippen molar-refractivity contribution in [3.05, 3.63) is 29.8 Å². The first kappa shape index (κ1) is 13.4. The maximum absolute atomic E-state index is 5.78. The molecule has 0 radical (unpaired) electrons. The molecule has 1 aromatic carbocycles. The van der Waals surface area contributed by atoms with E-state index in [1.54, 1.807) is 0 Å². The van der Waals surface area contributed by atoms with Gasteiger partial charge in [-0.3, -0.25) is 4.90 Å². The van der Waals surface area contributed by atoms with E-state index in [1.165, 1.54) is 12.0 Å². The van der Waals surface area contributed by atoms with Gasteiger partial charge in [0.05, 0.1) is 12.2 Å². The van der Waals surface area contributed by atoms with E-state index in [-0.39, 0.29) is 0 Å². The van der Waals surface area contributed by atoms with Crippen LogP contribution in [0.15, 0.2) is 24.3 Å². The number of morpholine rings is 1. The summed E-state index contributed by atoms with van der Waals surface area (Å²) < 4.78 is 5.74. The predicted molar refractivity (Wildman–Crippen MR) is 75.6 cm³/mol. The van der Waals surface area contributed by atoms with Crippen LogP contribution in [0.25, 0.3) is 0 Å². The zero-order valence-electron chi connectivity index (χ0n) is 11.4. The van der Waals surface area contributed by atoms with Crippen molar-refractivity contribution in [1.82, 2.24) is 4.90 Å². The van der Waals surface area contributed by atoms with Crippen molar-refractivity contribution in [1.29, 1.82) is 0 Å². The minimum absolute atomic E-state index is 0.362. The number of ether oxygens (including phenoxy) is 1. The van der Waals surface area contributed by atoms with Crippen LogP contribution in [-0.2, 0) is 11.2 Å². The van der Waals surface area contributed by atoms with Crippen LogP contribution in [0.4, 0.5) is 5.69 Å². The minimum Gasteiger partial charge on any atom is -0.399 e. The van der Waals surface area contributed by atoms with Gasteiger partial charge in [-0.05, 0) is 50.9 Å². The first-order chi connectivity index (χ1) is 8.63. The molecule has 0 spiro atoms. The minimum atomic E-state index is 0.362. The maximum atomic E-state index is 5.78. The molecule has 2 rings (SSSR count). The summed E-state index contributed by atoms with van der Waals surface area (Å²) in [5.74, 6) is 0. The van der Waals surface area contributed by atoms with E-state index in [9.17, 15) is 0 Å². The lowest BCUT2D eigenvalue weighted by Gasteiger charge is -2.35. The largest absolute Gasteiger partial charge is 0.399 e. The molecule has 0 saturated carbocycles. The normalized spacial score (nSPS) is 25.2. The summed E-state index contributed by atoms with van der Waals surface area (Å²) in [5, 5.41) is 0. The fourth-order valence-electron chi connectivity index (χ4n) is 2.72. The Hall–Kier alpha value is -1.06. The van der Waals surface area contributed by atoms with Gasteiger partial charge in [-0.2, -0.15) is 0 Å². The van der Waals surface area contributed by atoms with Crippen LogP contribution < -0.4 is 5.73 Å². The Kier molecular flexibility index (Phi) is 4.61. The van der Waals surface area contributed by atoms with Crippen molar-refractivity contribution in [2.45, 2.75) is 38.9 Å². The summed E-state index contributed by atoms with van der Waals surface area (Å²) in [4.78, 5) is 2.51. The lowest BCUT2D eigenvalue weighted by molar-refractivity contribution is -0.0680. The SMILES string of the molecule is C[C@@H]1CN(CCCc2cccc(N)c2)C[C@H](C)O1.